The Morgan fingerprint density at radius 2 is 2.00 bits per heavy atom. The topological polar surface area (TPSA) is 34.1 Å². The molecule has 1 aromatic rings. The van der Waals surface area contributed by atoms with E-state index in [0.29, 0.717) is 27.5 Å². The molecule has 0 fully saturated rings. The van der Waals surface area contributed by atoms with Gasteiger partial charge in [-0.1, -0.05) is 35.3 Å². The van der Waals surface area contributed by atoms with E-state index >= 15 is 0 Å². The minimum Gasteiger partial charge on any atom is -0.299 e. The first-order chi connectivity index (χ1) is 7.67. The Bertz CT molecular complexity index is 462. The van der Waals surface area contributed by atoms with Crippen molar-refractivity contribution in [3.63, 3.8) is 0 Å². The molecule has 0 unspecified atom stereocenters. The predicted molar refractivity (Wildman–Crippen MR) is 65.9 cm³/mol. The summed E-state index contributed by atoms with van der Waals surface area (Å²) in [5.41, 5.74) is 1.20. The van der Waals surface area contributed by atoms with E-state index in [1.165, 1.54) is 12.2 Å². The summed E-state index contributed by atoms with van der Waals surface area (Å²) >= 11 is 11.6. The first-order valence-electron chi connectivity index (χ1n) is 4.41. The number of hydrogen-bond donors (Lipinski definition) is 0. The zero-order valence-electron chi connectivity index (χ0n) is 8.19. The van der Waals surface area contributed by atoms with Crippen LogP contribution < -0.4 is 0 Å². The molecule has 16 heavy (non-hydrogen) atoms. The lowest BCUT2D eigenvalue weighted by Gasteiger charge is -1.98. The van der Waals surface area contributed by atoms with Crippen LogP contribution >= 0.6 is 23.2 Å². The van der Waals surface area contributed by atoms with Crippen molar-refractivity contribution in [2.24, 2.45) is 0 Å². The van der Waals surface area contributed by atoms with Gasteiger partial charge >= 0.3 is 0 Å². The van der Waals surface area contributed by atoms with Crippen LogP contribution in [0.4, 0.5) is 0 Å². The molecule has 0 aromatic heterocycles. The van der Waals surface area contributed by atoms with E-state index in [2.05, 4.69) is 0 Å². The van der Waals surface area contributed by atoms with Gasteiger partial charge in [0, 0.05) is 15.6 Å². The molecule has 0 aliphatic rings. The number of allylic oxidation sites excluding steroid dienone is 3. The number of benzene rings is 1. The van der Waals surface area contributed by atoms with E-state index < -0.39 is 0 Å². The second kappa shape index (κ2) is 6.26. The highest BCUT2D eigenvalue weighted by atomic mass is 35.5. The van der Waals surface area contributed by atoms with Gasteiger partial charge in [0.05, 0.1) is 0 Å². The molecule has 0 heterocycles. The maximum Gasteiger partial charge on any atom is 0.150 e. The highest BCUT2D eigenvalue weighted by Crippen LogP contribution is 2.19. The monoisotopic (exact) mass is 254 g/mol. The zero-order chi connectivity index (χ0) is 12.0. The molecular formula is C12H8Cl2O2. The minimum absolute atomic E-state index is 0.294. The molecule has 0 radical (unpaired) electrons. The zero-order valence-corrected chi connectivity index (χ0v) is 9.70. The second-order valence-electron chi connectivity index (χ2n) is 2.92. The molecule has 0 saturated heterocycles. The molecular weight excluding hydrogens is 247 g/mol. The molecule has 4 heteroatoms. The summed E-state index contributed by atoms with van der Waals surface area (Å²) in [4.78, 5) is 20.7. The SMILES string of the molecule is O=C/C=C(Cl)/C=C/c1cc(C=O)ccc1Cl. The van der Waals surface area contributed by atoms with Crippen molar-refractivity contribution in [2.75, 3.05) is 0 Å². The minimum atomic E-state index is 0.294. The third-order valence-corrected chi connectivity index (χ3v) is 2.40. The molecule has 1 rings (SSSR count). The van der Waals surface area contributed by atoms with Gasteiger partial charge in [-0.15, -0.1) is 0 Å². The van der Waals surface area contributed by atoms with Crippen LogP contribution in [0.3, 0.4) is 0 Å². The van der Waals surface area contributed by atoms with Crippen molar-refractivity contribution >= 4 is 41.9 Å². The van der Waals surface area contributed by atoms with Crippen LogP contribution in [-0.2, 0) is 4.79 Å². The fourth-order valence-corrected chi connectivity index (χ4v) is 1.35. The van der Waals surface area contributed by atoms with E-state index in [1.807, 2.05) is 0 Å². The first-order valence-corrected chi connectivity index (χ1v) is 5.16. The van der Waals surface area contributed by atoms with Crippen LogP contribution in [0, 0.1) is 0 Å². The van der Waals surface area contributed by atoms with Crippen molar-refractivity contribution in [1.82, 2.24) is 0 Å². The molecule has 0 amide bonds. The summed E-state index contributed by atoms with van der Waals surface area (Å²) in [6, 6.07) is 4.88. The Morgan fingerprint density at radius 1 is 1.25 bits per heavy atom. The molecule has 0 spiro atoms. The average molecular weight is 255 g/mol. The Labute approximate surface area is 103 Å². The predicted octanol–water partition coefficient (Wildman–Crippen LogP) is 3.49. The Morgan fingerprint density at radius 3 is 2.62 bits per heavy atom. The normalized spacial score (nSPS) is 11.8. The third kappa shape index (κ3) is 3.65. The van der Waals surface area contributed by atoms with Gasteiger partial charge in [-0.25, -0.2) is 0 Å². The molecule has 0 N–H and O–H groups in total. The number of aldehydes is 2. The van der Waals surface area contributed by atoms with E-state index in [-0.39, 0.29) is 0 Å². The number of rotatable bonds is 4. The maximum atomic E-state index is 10.6. The molecule has 1 aromatic carbocycles. The van der Waals surface area contributed by atoms with Crippen LogP contribution in [0.2, 0.25) is 5.02 Å². The number of carbonyl (C=O) groups excluding carboxylic acids is 2. The average Bonchev–Trinajstić information content (AvgIpc) is 2.28. The molecule has 0 bridgehead atoms. The fraction of sp³-hybridized carbons (Fsp3) is 0. The maximum absolute atomic E-state index is 10.6. The van der Waals surface area contributed by atoms with Crippen molar-refractivity contribution in [3.05, 3.63) is 51.5 Å². The van der Waals surface area contributed by atoms with Crippen LogP contribution in [0.5, 0.6) is 0 Å². The van der Waals surface area contributed by atoms with Crippen LogP contribution in [-0.4, -0.2) is 12.6 Å². The third-order valence-electron chi connectivity index (χ3n) is 1.81. The lowest BCUT2D eigenvalue weighted by Crippen LogP contribution is -1.82. The Balaban J connectivity index is 3.00. The van der Waals surface area contributed by atoms with Crippen LogP contribution in [0.1, 0.15) is 15.9 Å². The largest absolute Gasteiger partial charge is 0.299 e. The number of hydrogen-bond acceptors (Lipinski definition) is 2. The summed E-state index contributed by atoms with van der Waals surface area (Å²) in [6.45, 7) is 0. The number of halogens is 2. The van der Waals surface area contributed by atoms with Gasteiger partial charge in [0.1, 0.15) is 12.6 Å². The van der Waals surface area contributed by atoms with E-state index in [1.54, 1.807) is 24.3 Å². The van der Waals surface area contributed by atoms with Crippen LogP contribution in [0.25, 0.3) is 6.08 Å². The quantitative estimate of drug-likeness (QED) is 0.469. The van der Waals surface area contributed by atoms with E-state index in [4.69, 9.17) is 23.2 Å². The molecule has 82 valence electrons. The van der Waals surface area contributed by atoms with Gasteiger partial charge in [0.25, 0.3) is 0 Å². The number of carbonyl (C=O) groups is 2. The Hall–Kier alpha value is -1.38. The van der Waals surface area contributed by atoms with Gasteiger partial charge < -0.3 is 0 Å². The molecule has 0 aliphatic carbocycles. The van der Waals surface area contributed by atoms with Gasteiger partial charge in [0.2, 0.25) is 0 Å². The summed E-state index contributed by atoms with van der Waals surface area (Å²) in [7, 11) is 0. The van der Waals surface area contributed by atoms with E-state index in [0.717, 1.165) is 6.29 Å². The second-order valence-corrected chi connectivity index (χ2v) is 3.76. The molecule has 0 aliphatic heterocycles. The lowest BCUT2D eigenvalue weighted by molar-refractivity contribution is -0.104. The van der Waals surface area contributed by atoms with Crippen LogP contribution in [0.15, 0.2) is 35.4 Å². The summed E-state index contributed by atoms with van der Waals surface area (Å²) in [5.74, 6) is 0. The highest BCUT2D eigenvalue weighted by Gasteiger charge is 1.98. The smallest absolute Gasteiger partial charge is 0.150 e. The molecule has 0 saturated carbocycles. The lowest BCUT2D eigenvalue weighted by atomic mass is 10.1. The van der Waals surface area contributed by atoms with Crippen molar-refractivity contribution in [2.45, 2.75) is 0 Å². The standard InChI is InChI=1S/C12H8Cl2O2/c13-11(5-6-15)3-2-10-7-9(8-16)1-4-12(10)14/h1-8H/b3-2+,11-5-. The van der Waals surface area contributed by atoms with Gasteiger partial charge in [-0.2, -0.15) is 0 Å². The van der Waals surface area contributed by atoms with Crippen molar-refractivity contribution in [1.29, 1.82) is 0 Å². The summed E-state index contributed by atoms with van der Waals surface area (Å²) in [6.07, 6.45) is 5.71. The molecule has 2 nitrogen and oxygen atoms in total. The first kappa shape index (κ1) is 12.7. The van der Waals surface area contributed by atoms with Gasteiger partial charge in [-0.3, -0.25) is 9.59 Å². The highest BCUT2D eigenvalue weighted by molar-refractivity contribution is 6.33. The van der Waals surface area contributed by atoms with Crippen molar-refractivity contribution < 1.29 is 9.59 Å². The molecule has 0 atom stereocenters. The Kier molecular flexibility index (Phi) is 4.96. The van der Waals surface area contributed by atoms with Gasteiger partial charge in [0.15, 0.2) is 0 Å². The summed E-state index contributed by atoms with van der Waals surface area (Å²) < 4.78 is 0. The summed E-state index contributed by atoms with van der Waals surface area (Å²) in [5, 5.41) is 0.806. The van der Waals surface area contributed by atoms with Gasteiger partial charge in [-0.05, 0) is 29.8 Å². The van der Waals surface area contributed by atoms with Crippen molar-refractivity contribution in [3.8, 4) is 0 Å². The van der Waals surface area contributed by atoms with E-state index in [9.17, 15) is 9.59 Å². The fourth-order valence-electron chi connectivity index (χ4n) is 1.05.